The first-order valence-electron chi connectivity index (χ1n) is 29.4. The number of rotatable bonds is 18. The van der Waals surface area contributed by atoms with Gasteiger partial charge in [-0.15, -0.1) is 0 Å². The van der Waals surface area contributed by atoms with E-state index in [0.717, 1.165) is 0 Å². The Labute approximate surface area is 535 Å². The maximum absolute atomic E-state index is 13.8. The smallest absolute Gasteiger partial charge is 0.303 e. The van der Waals surface area contributed by atoms with E-state index in [1.165, 1.54) is 71.5 Å². The summed E-state index contributed by atoms with van der Waals surface area (Å²) in [4.78, 5) is 128. The number of hydrogen-bond acceptors (Lipinski definition) is 26. The number of hydrogen-bond donors (Lipinski definition) is 14. The van der Waals surface area contributed by atoms with Gasteiger partial charge in [-0.25, -0.2) is 0 Å². The van der Waals surface area contributed by atoms with Crippen LogP contribution in [0, 0.1) is 0 Å². The molecule has 0 aromatic heterocycles. The Morgan fingerprint density at radius 3 is 1.27 bits per heavy atom. The molecule has 94 heavy (non-hydrogen) atoms. The van der Waals surface area contributed by atoms with Crippen molar-refractivity contribution in [3.05, 3.63) is 103 Å². The highest BCUT2D eigenvalue weighted by Gasteiger charge is 2.53. The largest absolute Gasteiger partial charge is 0.507 e. The molecule has 4 aliphatic carbocycles. The van der Waals surface area contributed by atoms with Gasteiger partial charge in [0, 0.05) is 98.2 Å². The van der Waals surface area contributed by atoms with Crippen LogP contribution in [0.2, 0.25) is 0 Å². The maximum Gasteiger partial charge on any atom is 0.303 e. The molecule has 3 amide bonds. The lowest BCUT2D eigenvalue weighted by Crippen LogP contribution is -2.56. The average Bonchev–Trinajstić information content (AvgIpc) is 0.718. The number of amides is 3. The second kappa shape index (κ2) is 28.0. The molecule has 12 atom stereocenters. The second-order valence-corrected chi connectivity index (χ2v) is 23.4. The van der Waals surface area contributed by atoms with Crippen molar-refractivity contribution in [3.63, 3.8) is 0 Å². The number of phenolic OH excluding ortho intramolecular Hbond substituents is 4. The standard InChI is InChI=1S/C32H36N2O13.C31H33NO14.CH4/c1-13-27(39)16(34-21(38)8-7-20(37)33-2)9-22(46-13)47-18-11-32(44,19(36)12-35)10-15-24(18)31(43)26-25(29(15)41)28(40)14-5-4-6-17(45-3)23(14)30(26)42;1-12-26(38)15(32-19(35)6-7-20(36)37)8-21(45-12)46-17-10-31(43,18(34)11-33)9-14-23(17)30(42)25-24(28(14)40)27(39)13-4-3-5-16(44-2)22(13)29(25)41;/h4-6,13,16,18,22,27,35,39,41,43-44H,7-12H2,1-3H3,(H,33,37)(H,34,38);3-5,12,15,17,21,26,33,38,40,42-43H,6-11H2,1-2H3,(H,32,35)(H,36,37);1H4/t13?,16?,18-,22?,27?,32-;12?,15?,17-,21?,26?,31-;/m00./s1. The highest BCUT2D eigenvalue weighted by atomic mass is 16.7. The van der Waals surface area contributed by atoms with E-state index in [2.05, 4.69) is 16.0 Å². The molecule has 0 radical (unpaired) electrons. The van der Waals surface area contributed by atoms with E-state index in [1.807, 2.05) is 0 Å². The molecule has 506 valence electrons. The molecule has 30 nitrogen and oxygen atoms in total. The normalized spacial score (nSPS) is 26.4. The van der Waals surface area contributed by atoms with Gasteiger partial charge in [-0.2, -0.15) is 0 Å². The molecule has 2 fully saturated rings. The Morgan fingerprint density at radius 2 is 0.915 bits per heavy atom. The van der Waals surface area contributed by atoms with E-state index in [4.69, 9.17) is 33.5 Å². The average molecular weight is 1320 g/mol. The predicted octanol–water partition coefficient (Wildman–Crippen LogP) is 0.345. The van der Waals surface area contributed by atoms with Crippen LogP contribution in [0.3, 0.4) is 0 Å². The van der Waals surface area contributed by atoms with Gasteiger partial charge in [0.1, 0.15) is 71.1 Å². The molecule has 6 aliphatic rings. The third-order valence-electron chi connectivity index (χ3n) is 17.6. The molecule has 14 N–H and O–H groups in total. The molecule has 2 saturated heterocycles. The number of carboxylic acids is 1. The molecule has 0 bridgehead atoms. The number of Topliss-reactive ketones (excluding diaryl/α,β-unsaturated/α-hetero) is 2. The summed E-state index contributed by atoms with van der Waals surface area (Å²) in [5, 5.41) is 126. The molecule has 30 heteroatoms. The molecular formula is C64H73N3O27. The van der Waals surface area contributed by atoms with Crippen LogP contribution in [0.15, 0.2) is 36.4 Å². The zero-order chi connectivity index (χ0) is 68.0. The summed E-state index contributed by atoms with van der Waals surface area (Å²) in [6, 6.07) is 6.66. The third kappa shape index (κ3) is 13.1. The quantitative estimate of drug-likeness (QED) is 0.0516. The van der Waals surface area contributed by atoms with Gasteiger partial charge in [0.05, 0.1) is 90.5 Å². The van der Waals surface area contributed by atoms with E-state index in [0.29, 0.717) is 0 Å². The van der Waals surface area contributed by atoms with Crippen LogP contribution in [0.25, 0.3) is 0 Å². The third-order valence-corrected chi connectivity index (χ3v) is 17.6. The van der Waals surface area contributed by atoms with Crippen LogP contribution in [0.1, 0.15) is 171 Å². The van der Waals surface area contributed by atoms with Crippen molar-refractivity contribution >= 4 is 58.4 Å². The summed E-state index contributed by atoms with van der Waals surface area (Å²) in [6.45, 7) is 0.827. The van der Waals surface area contributed by atoms with Gasteiger partial charge < -0.3 is 101 Å². The molecule has 2 heterocycles. The SMILES string of the molecule is C.CNC(=O)CCC(=O)NC1CC(O[C@H]2C[C@](O)(C(=O)CO)Cc3c(O)c4c(c(O)c32)C(=O)c2c(OC)cccc2C4=O)OC(C)C1O.COc1cccc2c1C(=O)c1c(O)c3c(c(O)c1C2=O)C[C@@](O)(C(=O)CO)C[C@@H]3OC1CC(NC(=O)CCC(=O)O)C(O)C(C)O1. The number of aliphatic carboxylic acids is 1. The fourth-order valence-corrected chi connectivity index (χ4v) is 12.8. The number of aromatic hydroxyl groups is 4. The number of carbonyl (C=O) groups is 10. The number of phenols is 4. The van der Waals surface area contributed by atoms with E-state index >= 15 is 0 Å². The minimum Gasteiger partial charge on any atom is -0.507 e. The summed E-state index contributed by atoms with van der Waals surface area (Å²) in [5.41, 5.74) is -8.21. The summed E-state index contributed by atoms with van der Waals surface area (Å²) >= 11 is 0. The Kier molecular flexibility index (Phi) is 21.2. The summed E-state index contributed by atoms with van der Waals surface area (Å²) in [7, 11) is 4.02. The van der Waals surface area contributed by atoms with Crippen LogP contribution < -0.4 is 25.4 Å². The van der Waals surface area contributed by atoms with Crippen molar-refractivity contribution in [3.8, 4) is 34.5 Å². The molecule has 2 aliphatic heterocycles. The zero-order valence-electron chi connectivity index (χ0n) is 50.7. The van der Waals surface area contributed by atoms with E-state index in [1.54, 1.807) is 0 Å². The fraction of sp³-hybridized carbons (Fsp3) is 0.469. The number of methoxy groups -OCH3 is 2. The topological polar surface area (TPSA) is 485 Å². The summed E-state index contributed by atoms with van der Waals surface area (Å²) in [5.74, 6) is -11.0. The van der Waals surface area contributed by atoms with E-state index in [9.17, 15) is 99.0 Å². The van der Waals surface area contributed by atoms with Gasteiger partial charge in [0.2, 0.25) is 29.3 Å². The zero-order valence-corrected chi connectivity index (χ0v) is 50.7. The Bertz CT molecular complexity index is 3770. The van der Waals surface area contributed by atoms with Crippen molar-refractivity contribution in [1.29, 1.82) is 0 Å². The predicted molar refractivity (Wildman–Crippen MR) is 318 cm³/mol. The minimum absolute atomic E-state index is 0. The Hall–Kier alpha value is -8.82. The van der Waals surface area contributed by atoms with Crippen molar-refractivity contribution in [2.75, 3.05) is 34.5 Å². The van der Waals surface area contributed by atoms with Crippen LogP contribution in [-0.4, -0.2) is 209 Å². The van der Waals surface area contributed by atoms with Gasteiger partial charge in [-0.05, 0) is 26.0 Å². The lowest BCUT2D eigenvalue weighted by Gasteiger charge is -2.43. The van der Waals surface area contributed by atoms with Crippen molar-refractivity contribution < 1.29 is 133 Å². The highest BCUT2D eigenvalue weighted by molar-refractivity contribution is 6.32. The Morgan fingerprint density at radius 1 is 0.553 bits per heavy atom. The molecule has 0 saturated carbocycles. The number of ketones is 6. The van der Waals surface area contributed by atoms with Gasteiger partial charge in [0.25, 0.3) is 0 Å². The number of benzene rings is 4. The van der Waals surface area contributed by atoms with Crippen molar-refractivity contribution in [2.24, 2.45) is 0 Å². The highest BCUT2D eigenvalue weighted by Crippen LogP contribution is 2.55. The number of aliphatic hydroxyl groups excluding tert-OH is 4. The number of carboxylic acid groups (broad SMARTS) is 1. The van der Waals surface area contributed by atoms with Gasteiger partial charge >= 0.3 is 5.97 Å². The van der Waals surface area contributed by atoms with Crippen molar-refractivity contribution in [1.82, 2.24) is 16.0 Å². The first-order valence-corrected chi connectivity index (χ1v) is 29.4. The minimum atomic E-state index is -2.35. The second-order valence-electron chi connectivity index (χ2n) is 23.4. The van der Waals surface area contributed by atoms with Crippen LogP contribution >= 0.6 is 0 Å². The summed E-state index contributed by atoms with van der Waals surface area (Å²) in [6.07, 6.45) is -13.6. The van der Waals surface area contributed by atoms with Gasteiger partial charge in [-0.3, -0.25) is 47.9 Å². The van der Waals surface area contributed by atoms with Gasteiger partial charge in [-0.1, -0.05) is 31.7 Å². The monoisotopic (exact) mass is 1320 g/mol. The van der Waals surface area contributed by atoms with Crippen molar-refractivity contribution in [2.45, 2.75) is 158 Å². The number of carbonyl (C=O) groups excluding carboxylic acids is 9. The van der Waals surface area contributed by atoms with E-state index < -0.39 is 216 Å². The Balaban J connectivity index is 0.000000239. The van der Waals surface area contributed by atoms with E-state index in [-0.39, 0.29) is 101 Å². The number of ether oxygens (including phenoxy) is 6. The van der Waals surface area contributed by atoms with Crippen LogP contribution in [-0.2, 0) is 60.6 Å². The molecule has 8 unspecified atom stereocenters. The maximum atomic E-state index is 13.8. The molecule has 4 aromatic rings. The first-order chi connectivity index (χ1) is 44.0. The van der Waals surface area contributed by atoms with Gasteiger partial charge in [0.15, 0.2) is 35.7 Å². The van der Waals surface area contributed by atoms with Crippen LogP contribution in [0.5, 0.6) is 34.5 Å². The lowest BCUT2D eigenvalue weighted by atomic mass is 9.72. The molecule has 0 spiro atoms. The van der Waals surface area contributed by atoms with Crippen LogP contribution in [0.4, 0.5) is 0 Å². The molecule has 4 aromatic carbocycles. The fourth-order valence-electron chi connectivity index (χ4n) is 12.8. The number of fused-ring (bicyclic) bond motifs is 6. The number of aliphatic hydroxyl groups is 6. The summed E-state index contributed by atoms with van der Waals surface area (Å²) < 4.78 is 34.4. The number of nitrogens with one attached hydrogen (secondary N) is 3. The first kappa shape index (κ1) is 71.0. The molecule has 10 rings (SSSR count). The lowest BCUT2D eigenvalue weighted by molar-refractivity contribution is -0.249. The molecular weight excluding hydrogens is 1240 g/mol.